The summed E-state index contributed by atoms with van der Waals surface area (Å²) >= 11 is 3.42. The molecule has 1 N–H and O–H groups in total. The highest BCUT2D eigenvalue weighted by atomic mass is 79.9. The fraction of sp³-hybridized carbons (Fsp3) is 0.600. The first-order valence-corrected chi connectivity index (χ1v) is 7.22. The third-order valence-corrected chi connectivity index (χ3v) is 4.33. The van der Waals surface area contributed by atoms with Gasteiger partial charge < -0.3 is 5.32 Å². The van der Waals surface area contributed by atoms with Crippen molar-refractivity contribution in [2.24, 2.45) is 5.92 Å². The van der Waals surface area contributed by atoms with E-state index in [-0.39, 0.29) is 16.8 Å². The molecule has 1 aliphatic carbocycles. The molecule has 1 nitrogen and oxygen atoms in total. The van der Waals surface area contributed by atoms with Gasteiger partial charge >= 0.3 is 0 Å². The Bertz CT molecular complexity index is 452. The number of rotatable bonds is 3. The maximum Gasteiger partial charge on any atom is 0.127 e. The molecule has 1 aromatic rings. The highest BCUT2D eigenvalue weighted by Crippen LogP contribution is 2.54. The molecule has 3 heteroatoms. The summed E-state index contributed by atoms with van der Waals surface area (Å²) in [7, 11) is 0. The average Bonchev–Trinajstić information content (AvgIpc) is 2.91. The van der Waals surface area contributed by atoms with Gasteiger partial charge in [0.25, 0.3) is 0 Å². The maximum atomic E-state index is 13.9. The van der Waals surface area contributed by atoms with Crippen LogP contribution in [0.5, 0.6) is 0 Å². The molecule has 18 heavy (non-hydrogen) atoms. The summed E-state index contributed by atoms with van der Waals surface area (Å²) < 4.78 is 14.9. The SMILES string of the molecule is CC(C)(C)NCC1CC1(C)c1cc(Br)ccc1F. The van der Waals surface area contributed by atoms with Crippen molar-refractivity contribution in [2.75, 3.05) is 6.54 Å². The minimum Gasteiger partial charge on any atom is -0.312 e. The molecule has 0 aromatic heterocycles. The Morgan fingerprint density at radius 3 is 2.72 bits per heavy atom. The molecule has 0 heterocycles. The summed E-state index contributed by atoms with van der Waals surface area (Å²) in [4.78, 5) is 0. The number of benzene rings is 1. The molecule has 0 saturated heterocycles. The Labute approximate surface area is 117 Å². The topological polar surface area (TPSA) is 12.0 Å². The molecule has 2 unspecified atom stereocenters. The standard InChI is InChI=1S/C15H21BrFN/c1-14(2,3)18-9-10-8-15(10,4)12-7-11(16)5-6-13(12)17/h5-7,10,18H,8-9H2,1-4H3. The summed E-state index contributed by atoms with van der Waals surface area (Å²) in [5, 5.41) is 3.51. The van der Waals surface area contributed by atoms with Crippen LogP contribution in [0.2, 0.25) is 0 Å². The van der Waals surface area contributed by atoms with Crippen LogP contribution in [0.15, 0.2) is 22.7 Å². The highest BCUT2D eigenvalue weighted by molar-refractivity contribution is 9.10. The van der Waals surface area contributed by atoms with Crippen LogP contribution >= 0.6 is 15.9 Å². The van der Waals surface area contributed by atoms with Gasteiger partial charge in [-0.3, -0.25) is 0 Å². The van der Waals surface area contributed by atoms with E-state index in [1.165, 1.54) is 0 Å². The van der Waals surface area contributed by atoms with Crippen molar-refractivity contribution in [3.8, 4) is 0 Å². The van der Waals surface area contributed by atoms with E-state index in [1.54, 1.807) is 12.1 Å². The molecule has 0 spiro atoms. The van der Waals surface area contributed by atoms with Crippen molar-refractivity contribution >= 4 is 15.9 Å². The third kappa shape index (κ3) is 2.94. The second kappa shape index (κ2) is 4.61. The zero-order valence-electron chi connectivity index (χ0n) is 11.5. The van der Waals surface area contributed by atoms with Crippen LogP contribution in [0.3, 0.4) is 0 Å². The van der Waals surface area contributed by atoms with Gasteiger partial charge in [-0.2, -0.15) is 0 Å². The van der Waals surface area contributed by atoms with E-state index in [0.717, 1.165) is 23.0 Å². The quantitative estimate of drug-likeness (QED) is 0.879. The minimum absolute atomic E-state index is 0.00782. The molecule has 0 amide bonds. The first kappa shape index (κ1) is 14.0. The molecular formula is C15H21BrFN. The second-order valence-electron chi connectivity index (χ2n) is 6.57. The van der Waals surface area contributed by atoms with Crippen LogP contribution < -0.4 is 5.32 Å². The molecular weight excluding hydrogens is 293 g/mol. The smallest absolute Gasteiger partial charge is 0.127 e. The normalized spacial score (nSPS) is 27.3. The minimum atomic E-state index is -0.0843. The van der Waals surface area contributed by atoms with Gasteiger partial charge in [0, 0.05) is 10.0 Å². The van der Waals surface area contributed by atoms with Crippen molar-refractivity contribution in [2.45, 2.75) is 45.1 Å². The van der Waals surface area contributed by atoms with E-state index >= 15 is 0 Å². The lowest BCUT2D eigenvalue weighted by Gasteiger charge is -2.22. The molecule has 1 aromatic carbocycles. The fourth-order valence-corrected chi connectivity index (χ4v) is 2.81. The van der Waals surface area contributed by atoms with E-state index in [2.05, 4.69) is 48.9 Å². The van der Waals surface area contributed by atoms with Crippen molar-refractivity contribution in [3.63, 3.8) is 0 Å². The Kier molecular flexibility index (Phi) is 3.58. The first-order valence-electron chi connectivity index (χ1n) is 6.43. The predicted molar refractivity (Wildman–Crippen MR) is 77.3 cm³/mol. The highest BCUT2D eigenvalue weighted by Gasteiger charge is 2.52. The monoisotopic (exact) mass is 313 g/mol. The Balaban J connectivity index is 2.09. The third-order valence-electron chi connectivity index (χ3n) is 3.83. The lowest BCUT2D eigenvalue weighted by atomic mass is 9.94. The average molecular weight is 314 g/mol. The molecule has 2 atom stereocenters. The molecule has 0 aliphatic heterocycles. The maximum absolute atomic E-state index is 13.9. The molecule has 2 rings (SSSR count). The number of hydrogen-bond acceptors (Lipinski definition) is 1. The number of nitrogens with one attached hydrogen (secondary N) is 1. The zero-order chi connectivity index (χ0) is 13.6. The van der Waals surface area contributed by atoms with Crippen LogP contribution in [0.4, 0.5) is 4.39 Å². The van der Waals surface area contributed by atoms with Crippen LogP contribution in [0.1, 0.15) is 39.7 Å². The van der Waals surface area contributed by atoms with Crippen molar-refractivity contribution in [3.05, 3.63) is 34.1 Å². The zero-order valence-corrected chi connectivity index (χ0v) is 13.1. The molecule has 0 radical (unpaired) electrons. The summed E-state index contributed by atoms with van der Waals surface area (Å²) in [6.07, 6.45) is 1.06. The van der Waals surface area contributed by atoms with Crippen molar-refractivity contribution < 1.29 is 4.39 Å². The first-order chi connectivity index (χ1) is 8.22. The molecule has 1 saturated carbocycles. The predicted octanol–water partition coefficient (Wildman–Crippen LogP) is 4.25. The lowest BCUT2D eigenvalue weighted by Crippen LogP contribution is -2.38. The van der Waals surface area contributed by atoms with Gasteiger partial charge in [-0.15, -0.1) is 0 Å². The second-order valence-corrected chi connectivity index (χ2v) is 7.49. The Hall–Kier alpha value is -0.410. The number of halogens is 2. The molecule has 0 bridgehead atoms. The van der Waals surface area contributed by atoms with Gasteiger partial charge in [0.2, 0.25) is 0 Å². The van der Waals surface area contributed by atoms with Gasteiger partial charge in [0.1, 0.15) is 5.82 Å². The summed E-state index contributed by atoms with van der Waals surface area (Å²) in [5.74, 6) is 0.444. The molecule has 1 aliphatic rings. The lowest BCUT2D eigenvalue weighted by molar-refractivity contribution is 0.404. The summed E-state index contributed by atoms with van der Waals surface area (Å²) in [6, 6.07) is 5.23. The van der Waals surface area contributed by atoms with Crippen LogP contribution in [0.25, 0.3) is 0 Å². The Morgan fingerprint density at radius 1 is 1.44 bits per heavy atom. The van der Waals surface area contributed by atoms with E-state index < -0.39 is 0 Å². The van der Waals surface area contributed by atoms with E-state index in [9.17, 15) is 4.39 Å². The summed E-state index contributed by atoms with van der Waals surface area (Å²) in [5.41, 5.74) is 0.961. The van der Waals surface area contributed by atoms with Gasteiger partial charge in [-0.25, -0.2) is 4.39 Å². The van der Waals surface area contributed by atoms with Gasteiger partial charge in [0.05, 0.1) is 0 Å². The van der Waals surface area contributed by atoms with Gasteiger partial charge in [-0.1, -0.05) is 22.9 Å². The van der Waals surface area contributed by atoms with Crippen molar-refractivity contribution in [1.82, 2.24) is 5.32 Å². The molecule has 100 valence electrons. The van der Waals surface area contributed by atoms with Crippen LogP contribution in [-0.2, 0) is 5.41 Å². The largest absolute Gasteiger partial charge is 0.312 e. The molecule has 1 fully saturated rings. The van der Waals surface area contributed by atoms with Crippen LogP contribution in [-0.4, -0.2) is 12.1 Å². The van der Waals surface area contributed by atoms with E-state index in [1.807, 2.05) is 6.07 Å². The van der Waals surface area contributed by atoms with Gasteiger partial charge in [0.15, 0.2) is 0 Å². The Morgan fingerprint density at radius 2 is 2.11 bits per heavy atom. The number of hydrogen-bond donors (Lipinski definition) is 1. The van der Waals surface area contributed by atoms with E-state index in [4.69, 9.17) is 0 Å². The van der Waals surface area contributed by atoms with E-state index in [0.29, 0.717) is 5.92 Å². The van der Waals surface area contributed by atoms with Crippen molar-refractivity contribution in [1.29, 1.82) is 0 Å². The summed E-state index contributed by atoms with van der Waals surface area (Å²) in [6.45, 7) is 9.59. The fourth-order valence-electron chi connectivity index (χ4n) is 2.44. The van der Waals surface area contributed by atoms with Crippen LogP contribution in [0, 0.1) is 11.7 Å². The van der Waals surface area contributed by atoms with Gasteiger partial charge in [-0.05, 0) is 68.8 Å².